The normalized spacial score (nSPS) is 11.3. The second kappa shape index (κ2) is 13.7. The standard InChI is InChI=1S/C52H35NS/c1-2-13-36(14-3-1)37-27-30-43(31-28-37)53(50-25-8-6-22-47(50)42-29-32-49-48-23-7-9-26-51(48)54-52(49)35-42)44-20-11-18-40(34-44)39-17-10-19-41(33-39)46-24-12-16-38-15-4-5-21-45(38)46/h1-35H. The largest absolute Gasteiger partial charge is 0.310 e. The minimum absolute atomic E-state index is 1.10. The third kappa shape index (κ3) is 5.84. The number of anilines is 3. The molecule has 1 nitrogen and oxygen atoms in total. The fraction of sp³-hybridized carbons (Fsp3) is 0. The average Bonchev–Trinajstić information content (AvgIpc) is 3.62. The van der Waals surface area contributed by atoms with Gasteiger partial charge in [-0.25, -0.2) is 0 Å². The zero-order chi connectivity index (χ0) is 35.8. The molecule has 0 aliphatic carbocycles. The second-order valence-electron chi connectivity index (χ2n) is 13.7. The van der Waals surface area contributed by atoms with Crippen molar-refractivity contribution in [1.29, 1.82) is 0 Å². The van der Waals surface area contributed by atoms with Gasteiger partial charge in [0, 0.05) is 37.1 Å². The highest BCUT2D eigenvalue weighted by Gasteiger charge is 2.19. The Hall–Kier alpha value is -6.74. The van der Waals surface area contributed by atoms with Crippen LogP contribution in [0.15, 0.2) is 212 Å². The topological polar surface area (TPSA) is 3.24 Å². The molecule has 0 N–H and O–H groups in total. The molecule has 0 unspecified atom stereocenters. The van der Waals surface area contributed by atoms with E-state index in [9.17, 15) is 0 Å². The molecule has 0 bridgehead atoms. The lowest BCUT2D eigenvalue weighted by Gasteiger charge is -2.28. The summed E-state index contributed by atoms with van der Waals surface area (Å²) in [5.41, 5.74) is 12.9. The first-order valence-corrected chi connectivity index (χ1v) is 19.2. The molecule has 2 heteroatoms. The van der Waals surface area contributed by atoms with Crippen LogP contribution in [0.1, 0.15) is 0 Å². The Morgan fingerprint density at radius 1 is 0.296 bits per heavy atom. The smallest absolute Gasteiger partial charge is 0.0540 e. The zero-order valence-corrected chi connectivity index (χ0v) is 30.4. The number of benzene rings is 9. The molecule has 0 spiro atoms. The molecule has 0 atom stereocenters. The van der Waals surface area contributed by atoms with E-state index in [1.54, 1.807) is 0 Å². The fourth-order valence-corrected chi connectivity index (χ4v) is 8.98. The van der Waals surface area contributed by atoms with E-state index in [0.717, 1.165) is 17.1 Å². The van der Waals surface area contributed by atoms with Crippen LogP contribution in [0, 0.1) is 0 Å². The molecule has 0 saturated heterocycles. The second-order valence-corrected chi connectivity index (χ2v) is 14.8. The van der Waals surface area contributed by atoms with Gasteiger partial charge in [-0.05, 0) is 98.2 Å². The monoisotopic (exact) mass is 705 g/mol. The minimum atomic E-state index is 1.10. The molecule has 54 heavy (non-hydrogen) atoms. The van der Waals surface area contributed by atoms with E-state index < -0.39 is 0 Å². The Bertz CT molecular complexity index is 2930. The highest BCUT2D eigenvalue weighted by Crippen LogP contribution is 2.44. The van der Waals surface area contributed by atoms with Gasteiger partial charge in [0.2, 0.25) is 0 Å². The summed E-state index contributed by atoms with van der Waals surface area (Å²) in [6.45, 7) is 0. The van der Waals surface area contributed by atoms with Crippen LogP contribution in [0.5, 0.6) is 0 Å². The van der Waals surface area contributed by atoms with Crippen LogP contribution in [0.4, 0.5) is 17.1 Å². The first-order valence-electron chi connectivity index (χ1n) is 18.4. The molecule has 0 aliphatic rings. The molecule has 1 heterocycles. The Balaban J connectivity index is 1.11. The number of thiophene rings is 1. The van der Waals surface area contributed by atoms with Crippen LogP contribution in [0.2, 0.25) is 0 Å². The Labute approximate surface area is 319 Å². The van der Waals surface area contributed by atoms with Gasteiger partial charge in [-0.2, -0.15) is 0 Å². The summed E-state index contributed by atoms with van der Waals surface area (Å²) in [5, 5.41) is 5.14. The molecule has 10 aromatic rings. The number of nitrogens with zero attached hydrogens (tertiary/aromatic N) is 1. The number of hydrogen-bond acceptors (Lipinski definition) is 2. The van der Waals surface area contributed by atoms with Crippen molar-refractivity contribution in [2.45, 2.75) is 0 Å². The molecule has 10 rings (SSSR count). The molecular formula is C52H35NS. The molecule has 0 amide bonds. The number of rotatable bonds is 7. The maximum atomic E-state index is 2.41. The van der Waals surface area contributed by atoms with Crippen molar-refractivity contribution < 1.29 is 0 Å². The van der Waals surface area contributed by atoms with E-state index in [1.165, 1.54) is 75.5 Å². The Kier molecular flexibility index (Phi) is 8.09. The molecular weight excluding hydrogens is 671 g/mol. The average molecular weight is 706 g/mol. The van der Waals surface area contributed by atoms with Crippen LogP contribution in [-0.2, 0) is 0 Å². The molecule has 0 saturated carbocycles. The maximum absolute atomic E-state index is 2.41. The first kappa shape index (κ1) is 32.0. The fourth-order valence-electron chi connectivity index (χ4n) is 7.83. The summed E-state index contributed by atoms with van der Waals surface area (Å²) in [6, 6.07) is 77.2. The van der Waals surface area contributed by atoms with Crippen molar-refractivity contribution in [2.24, 2.45) is 0 Å². The van der Waals surface area contributed by atoms with Crippen molar-refractivity contribution in [1.82, 2.24) is 0 Å². The van der Waals surface area contributed by atoms with Gasteiger partial charge < -0.3 is 4.90 Å². The van der Waals surface area contributed by atoms with Gasteiger partial charge in [0.1, 0.15) is 0 Å². The van der Waals surface area contributed by atoms with Gasteiger partial charge >= 0.3 is 0 Å². The van der Waals surface area contributed by atoms with Crippen molar-refractivity contribution in [2.75, 3.05) is 4.90 Å². The SMILES string of the molecule is c1ccc(-c2ccc(N(c3cccc(-c4cccc(-c5cccc6ccccc56)c4)c3)c3ccccc3-c3ccc4c(c3)sc3ccccc34)cc2)cc1. The van der Waals surface area contributed by atoms with E-state index in [1.807, 2.05) is 11.3 Å². The lowest BCUT2D eigenvalue weighted by Crippen LogP contribution is -2.11. The van der Waals surface area contributed by atoms with E-state index in [0.29, 0.717) is 0 Å². The lowest BCUT2D eigenvalue weighted by molar-refractivity contribution is 1.28. The highest BCUT2D eigenvalue weighted by atomic mass is 32.1. The number of fused-ring (bicyclic) bond motifs is 4. The van der Waals surface area contributed by atoms with Crippen molar-refractivity contribution in [3.05, 3.63) is 212 Å². The zero-order valence-electron chi connectivity index (χ0n) is 29.6. The summed E-state index contributed by atoms with van der Waals surface area (Å²) in [6.07, 6.45) is 0. The summed E-state index contributed by atoms with van der Waals surface area (Å²) in [5.74, 6) is 0. The minimum Gasteiger partial charge on any atom is -0.310 e. The van der Waals surface area contributed by atoms with Crippen LogP contribution in [0.3, 0.4) is 0 Å². The van der Waals surface area contributed by atoms with Crippen molar-refractivity contribution in [3.8, 4) is 44.5 Å². The lowest BCUT2D eigenvalue weighted by atomic mass is 9.95. The van der Waals surface area contributed by atoms with Crippen molar-refractivity contribution in [3.63, 3.8) is 0 Å². The number of para-hydroxylation sites is 1. The van der Waals surface area contributed by atoms with Crippen LogP contribution >= 0.6 is 11.3 Å². The summed E-state index contributed by atoms with van der Waals surface area (Å²) < 4.78 is 2.62. The van der Waals surface area contributed by atoms with E-state index >= 15 is 0 Å². The van der Waals surface area contributed by atoms with Crippen LogP contribution in [-0.4, -0.2) is 0 Å². The molecule has 0 radical (unpaired) electrons. The van der Waals surface area contributed by atoms with Crippen molar-refractivity contribution >= 4 is 59.3 Å². The van der Waals surface area contributed by atoms with Gasteiger partial charge in [0.15, 0.2) is 0 Å². The van der Waals surface area contributed by atoms with Gasteiger partial charge in [-0.15, -0.1) is 11.3 Å². The molecule has 1 aromatic heterocycles. The molecule has 0 fully saturated rings. The van der Waals surface area contributed by atoms with E-state index in [2.05, 4.69) is 217 Å². The third-order valence-corrected chi connectivity index (χ3v) is 11.6. The van der Waals surface area contributed by atoms with Gasteiger partial charge in [-0.3, -0.25) is 0 Å². The summed E-state index contributed by atoms with van der Waals surface area (Å²) in [4.78, 5) is 2.41. The quantitative estimate of drug-likeness (QED) is 0.160. The van der Waals surface area contributed by atoms with Gasteiger partial charge in [-0.1, -0.05) is 164 Å². The van der Waals surface area contributed by atoms with Crippen LogP contribution < -0.4 is 4.90 Å². The highest BCUT2D eigenvalue weighted by molar-refractivity contribution is 7.25. The molecule has 9 aromatic carbocycles. The van der Waals surface area contributed by atoms with Gasteiger partial charge in [0.25, 0.3) is 0 Å². The van der Waals surface area contributed by atoms with E-state index in [4.69, 9.17) is 0 Å². The Morgan fingerprint density at radius 3 is 1.76 bits per heavy atom. The third-order valence-electron chi connectivity index (χ3n) is 10.5. The summed E-state index contributed by atoms with van der Waals surface area (Å²) >= 11 is 1.86. The predicted molar refractivity (Wildman–Crippen MR) is 233 cm³/mol. The number of hydrogen-bond donors (Lipinski definition) is 0. The maximum Gasteiger partial charge on any atom is 0.0540 e. The summed E-state index contributed by atoms with van der Waals surface area (Å²) in [7, 11) is 0. The Morgan fingerprint density at radius 2 is 0.870 bits per heavy atom. The predicted octanol–water partition coefficient (Wildman–Crippen LogP) is 15.3. The molecule has 0 aliphatic heterocycles. The van der Waals surface area contributed by atoms with Gasteiger partial charge in [0.05, 0.1) is 5.69 Å². The van der Waals surface area contributed by atoms with E-state index in [-0.39, 0.29) is 0 Å². The molecule has 254 valence electrons. The first-order chi connectivity index (χ1) is 26.8. The van der Waals surface area contributed by atoms with Crippen LogP contribution in [0.25, 0.3) is 75.5 Å².